The molecule has 1 heterocycles. The lowest BCUT2D eigenvalue weighted by atomic mass is 10.1. The molecule has 3 aromatic rings. The van der Waals surface area contributed by atoms with Gasteiger partial charge in [0.2, 0.25) is 5.95 Å². The molecule has 2 N–H and O–H groups in total. The summed E-state index contributed by atoms with van der Waals surface area (Å²) in [5.41, 5.74) is 1.16. The maximum Gasteiger partial charge on any atom is 0.245 e. The van der Waals surface area contributed by atoms with Gasteiger partial charge in [0.1, 0.15) is 18.1 Å². The van der Waals surface area contributed by atoms with Crippen LogP contribution in [0.3, 0.4) is 0 Å². The van der Waals surface area contributed by atoms with Crippen LogP contribution in [0.25, 0.3) is 0 Å². The van der Waals surface area contributed by atoms with Crippen LogP contribution in [-0.4, -0.2) is 35.4 Å². The first-order chi connectivity index (χ1) is 13.2. The van der Waals surface area contributed by atoms with Crippen LogP contribution >= 0.6 is 0 Å². The summed E-state index contributed by atoms with van der Waals surface area (Å²) in [4.78, 5) is 4.44. The average molecular weight is 365 g/mol. The molecule has 3 rings (SSSR count). The Balaban J connectivity index is 1.47. The summed E-state index contributed by atoms with van der Waals surface area (Å²) in [6, 6.07) is 17.7. The largest absolute Gasteiger partial charge is 0.497 e. The molecule has 7 nitrogen and oxygen atoms in total. The molecule has 0 fully saturated rings. The van der Waals surface area contributed by atoms with Gasteiger partial charge in [0.25, 0.3) is 0 Å². The lowest BCUT2D eigenvalue weighted by Crippen LogP contribution is -2.15. The van der Waals surface area contributed by atoms with Gasteiger partial charge in [-0.05, 0) is 36.8 Å². The second-order valence-corrected chi connectivity index (χ2v) is 5.89. The topological polar surface area (TPSA) is 81.2 Å². The molecule has 0 saturated heterocycles. The molecular weight excluding hydrogens is 342 g/mol. The number of ether oxygens (including phenoxy) is 2. The summed E-state index contributed by atoms with van der Waals surface area (Å²) >= 11 is 0. The Morgan fingerprint density at radius 3 is 2.48 bits per heavy atom. The Hall–Kier alpha value is -3.35. The first-order valence-electron chi connectivity index (χ1n) is 8.76. The molecular formula is C20H23N5O2. The van der Waals surface area contributed by atoms with Crippen molar-refractivity contribution in [3.05, 3.63) is 66.4 Å². The van der Waals surface area contributed by atoms with Gasteiger partial charge in [-0.1, -0.05) is 30.3 Å². The third-order valence-electron chi connectivity index (χ3n) is 3.94. The second-order valence-electron chi connectivity index (χ2n) is 5.89. The smallest absolute Gasteiger partial charge is 0.245 e. The van der Waals surface area contributed by atoms with Crippen LogP contribution in [0.2, 0.25) is 0 Å². The predicted octanol–water partition coefficient (Wildman–Crippen LogP) is 3.54. The molecule has 0 spiro atoms. The normalized spacial score (nSPS) is 11.5. The van der Waals surface area contributed by atoms with Gasteiger partial charge in [-0.2, -0.15) is 10.1 Å². The standard InChI is InChI=1S/C20H23N5O2/c1-15(16-6-4-3-5-7-16)23-20-24-19(14-22-25-20)21-12-13-27-18-10-8-17(26-2)9-11-18/h3-11,14-15H,12-13H2,1-2H3,(H2,21,23,24,25). The maximum atomic E-state index is 5.68. The van der Waals surface area contributed by atoms with Crippen molar-refractivity contribution >= 4 is 11.8 Å². The van der Waals surface area contributed by atoms with Crippen molar-refractivity contribution in [2.24, 2.45) is 0 Å². The van der Waals surface area contributed by atoms with Gasteiger partial charge in [0, 0.05) is 0 Å². The molecule has 2 aromatic carbocycles. The highest BCUT2D eigenvalue weighted by atomic mass is 16.5. The van der Waals surface area contributed by atoms with Crippen LogP contribution in [0.5, 0.6) is 11.5 Å². The number of methoxy groups -OCH3 is 1. The van der Waals surface area contributed by atoms with Crippen molar-refractivity contribution in [2.45, 2.75) is 13.0 Å². The molecule has 140 valence electrons. The van der Waals surface area contributed by atoms with E-state index < -0.39 is 0 Å². The van der Waals surface area contributed by atoms with Gasteiger partial charge in [-0.3, -0.25) is 0 Å². The van der Waals surface area contributed by atoms with E-state index in [0.717, 1.165) is 17.1 Å². The van der Waals surface area contributed by atoms with Gasteiger partial charge in [0.15, 0.2) is 5.82 Å². The number of benzene rings is 2. The van der Waals surface area contributed by atoms with E-state index in [-0.39, 0.29) is 6.04 Å². The van der Waals surface area contributed by atoms with Crippen LogP contribution in [0.1, 0.15) is 18.5 Å². The minimum atomic E-state index is 0.0849. The zero-order valence-corrected chi connectivity index (χ0v) is 15.4. The molecule has 0 amide bonds. The molecule has 1 atom stereocenters. The summed E-state index contributed by atoms with van der Waals surface area (Å²) in [6.45, 7) is 3.15. The number of hydrogen-bond donors (Lipinski definition) is 2. The first kappa shape index (κ1) is 18.4. The van der Waals surface area contributed by atoms with E-state index in [4.69, 9.17) is 9.47 Å². The monoisotopic (exact) mass is 365 g/mol. The molecule has 27 heavy (non-hydrogen) atoms. The third-order valence-corrected chi connectivity index (χ3v) is 3.94. The molecule has 1 aromatic heterocycles. The zero-order chi connectivity index (χ0) is 18.9. The molecule has 7 heteroatoms. The summed E-state index contributed by atoms with van der Waals surface area (Å²) in [6.07, 6.45) is 1.59. The van der Waals surface area contributed by atoms with Crippen LogP contribution in [0.15, 0.2) is 60.8 Å². The Morgan fingerprint density at radius 1 is 1.00 bits per heavy atom. The van der Waals surface area contributed by atoms with E-state index in [1.807, 2.05) is 42.5 Å². The van der Waals surface area contributed by atoms with Crippen molar-refractivity contribution in [2.75, 3.05) is 30.9 Å². The van der Waals surface area contributed by atoms with Crippen LogP contribution < -0.4 is 20.1 Å². The van der Waals surface area contributed by atoms with Crippen molar-refractivity contribution in [1.82, 2.24) is 15.2 Å². The van der Waals surface area contributed by atoms with Crippen LogP contribution in [0.4, 0.5) is 11.8 Å². The lowest BCUT2D eigenvalue weighted by Gasteiger charge is -2.14. The third kappa shape index (κ3) is 5.57. The Morgan fingerprint density at radius 2 is 1.74 bits per heavy atom. The lowest BCUT2D eigenvalue weighted by molar-refractivity contribution is 0.331. The van der Waals surface area contributed by atoms with E-state index in [1.165, 1.54) is 0 Å². The zero-order valence-electron chi connectivity index (χ0n) is 15.4. The molecule has 0 aliphatic rings. The molecule has 0 bridgehead atoms. The highest BCUT2D eigenvalue weighted by Gasteiger charge is 2.07. The Bertz CT molecular complexity index is 827. The summed E-state index contributed by atoms with van der Waals surface area (Å²) in [5, 5.41) is 14.5. The van der Waals surface area contributed by atoms with Gasteiger partial charge >= 0.3 is 0 Å². The number of nitrogens with one attached hydrogen (secondary N) is 2. The van der Waals surface area contributed by atoms with Gasteiger partial charge in [-0.25, -0.2) is 0 Å². The van der Waals surface area contributed by atoms with Gasteiger partial charge < -0.3 is 20.1 Å². The highest BCUT2D eigenvalue weighted by Crippen LogP contribution is 2.17. The quantitative estimate of drug-likeness (QED) is 0.561. The molecule has 1 unspecified atom stereocenters. The molecule has 0 aliphatic heterocycles. The van der Waals surface area contributed by atoms with E-state index in [1.54, 1.807) is 13.3 Å². The molecule has 0 aliphatic carbocycles. The average Bonchev–Trinajstić information content (AvgIpc) is 2.72. The van der Waals surface area contributed by atoms with E-state index in [2.05, 4.69) is 44.9 Å². The summed E-state index contributed by atoms with van der Waals surface area (Å²) < 4.78 is 10.8. The van der Waals surface area contributed by atoms with Crippen molar-refractivity contribution in [1.29, 1.82) is 0 Å². The second kappa shape index (κ2) is 9.38. The predicted molar refractivity (Wildman–Crippen MR) is 105 cm³/mol. The van der Waals surface area contributed by atoms with Crippen molar-refractivity contribution in [3.63, 3.8) is 0 Å². The SMILES string of the molecule is COc1ccc(OCCNc2cnnc(NC(C)c3ccccc3)n2)cc1. The fourth-order valence-electron chi connectivity index (χ4n) is 2.49. The Labute approximate surface area is 158 Å². The summed E-state index contributed by atoms with van der Waals surface area (Å²) in [5.74, 6) is 2.72. The molecule has 0 radical (unpaired) electrons. The maximum absolute atomic E-state index is 5.68. The number of anilines is 2. The number of aromatic nitrogens is 3. The van der Waals surface area contributed by atoms with Gasteiger partial charge in [-0.15, -0.1) is 5.10 Å². The minimum Gasteiger partial charge on any atom is -0.497 e. The van der Waals surface area contributed by atoms with Crippen LogP contribution in [-0.2, 0) is 0 Å². The fourth-order valence-corrected chi connectivity index (χ4v) is 2.49. The number of nitrogens with zero attached hydrogens (tertiary/aromatic N) is 3. The first-order valence-corrected chi connectivity index (χ1v) is 8.76. The number of hydrogen-bond acceptors (Lipinski definition) is 7. The van der Waals surface area contributed by atoms with Gasteiger partial charge in [0.05, 0.1) is 25.9 Å². The number of rotatable bonds is 9. The fraction of sp³-hybridized carbons (Fsp3) is 0.250. The van der Waals surface area contributed by atoms with Crippen molar-refractivity contribution in [3.8, 4) is 11.5 Å². The summed E-state index contributed by atoms with van der Waals surface area (Å²) in [7, 11) is 1.64. The van der Waals surface area contributed by atoms with E-state index in [0.29, 0.717) is 24.9 Å². The van der Waals surface area contributed by atoms with Crippen molar-refractivity contribution < 1.29 is 9.47 Å². The van der Waals surface area contributed by atoms with E-state index in [9.17, 15) is 0 Å². The minimum absolute atomic E-state index is 0.0849. The van der Waals surface area contributed by atoms with E-state index >= 15 is 0 Å². The Kier molecular flexibility index (Phi) is 6.40. The molecule has 0 saturated carbocycles. The van der Waals surface area contributed by atoms with Crippen LogP contribution in [0, 0.1) is 0 Å². The highest BCUT2D eigenvalue weighted by molar-refractivity contribution is 5.39.